The van der Waals surface area contributed by atoms with E-state index in [-0.39, 0.29) is 12.1 Å². The number of aromatic nitrogens is 2. The molecule has 2 amide bonds. The van der Waals surface area contributed by atoms with Crippen LogP contribution in [0.4, 0.5) is 4.79 Å². The van der Waals surface area contributed by atoms with Crippen LogP contribution in [-0.2, 0) is 13.1 Å². The van der Waals surface area contributed by atoms with E-state index in [0.29, 0.717) is 19.0 Å². The number of urea groups is 1. The van der Waals surface area contributed by atoms with Gasteiger partial charge in [0.25, 0.3) is 0 Å². The maximum Gasteiger partial charge on any atom is 0.315 e. The van der Waals surface area contributed by atoms with Crippen LogP contribution in [0.25, 0.3) is 10.9 Å². The van der Waals surface area contributed by atoms with Crippen molar-refractivity contribution in [2.45, 2.75) is 51.3 Å². The average molecular weight is 393 g/mol. The molecule has 3 aromatic rings. The highest BCUT2D eigenvalue weighted by atomic mass is 16.5. The number of aryl methyl sites for hydroxylation is 1. The van der Waals surface area contributed by atoms with Gasteiger partial charge in [-0.2, -0.15) is 0 Å². The van der Waals surface area contributed by atoms with E-state index in [9.17, 15) is 4.79 Å². The predicted molar refractivity (Wildman–Crippen MR) is 114 cm³/mol. The van der Waals surface area contributed by atoms with Gasteiger partial charge in [-0.15, -0.1) is 0 Å². The van der Waals surface area contributed by atoms with Crippen molar-refractivity contribution in [2.24, 2.45) is 0 Å². The van der Waals surface area contributed by atoms with Crippen molar-refractivity contribution in [2.75, 3.05) is 6.54 Å². The van der Waals surface area contributed by atoms with E-state index in [1.54, 1.807) is 6.20 Å². The Morgan fingerprint density at radius 1 is 1.10 bits per heavy atom. The lowest BCUT2D eigenvalue weighted by Gasteiger charge is -2.15. The van der Waals surface area contributed by atoms with Gasteiger partial charge in [-0.3, -0.25) is 0 Å². The van der Waals surface area contributed by atoms with Crippen LogP contribution in [0.15, 0.2) is 54.9 Å². The molecule has 0 aliphatic heterocycles. The first kappa shape index (κ1) is 19.3. The molecule has 0 spiro atoms. The summed E-state index contributed by atoms with van der Waals surface area (Å²) < 4.78 is 8.25. The van der Waals surface area contributed by atoms with Crippen molar-refractivity contribution in [1.82, 2.24) is 20.2 Å². The number of para-hydroxylation sites is 1. The van der Waals surface area contributed by atoms with Crippen molar-refractivity contribution >= 4 is 16.9 Å². The van der Waals surface area contributed by atoms with Crippen LogP contribution in [0.1, 0.15) is 37.7 Å². The Morgan fingerprint density at radius 2 is 1.97 bits per heavy atom. The second-order valence-corrected chi connectivity index (χ2v) is 7.52. The van der Waals surface area contributed by atoms with Crippen molar-refractivity contribution in [3.8, 4) is 5.88 Å². The number of ether oxygens (including phenoxy) is 1. The van der Waals surface area contributed by atoms with Crippen molar-refractivity contribution < 1.29 is 9.53 Å². The highest BCUT2D eigenvalue weighted by molar-refractivity contribution is 5.79. The number of rotatable bonds is 8. The third-order valence-corrected chi connectivity index (χ3v) is 5.41. The number of amides is 2. The van der Waals surface area contributed by atoms with Crippen molar-refractivity contribution in [1.29, 1.82) is 0 Å². The largest absolute Gasteiger partial charge is 0.474 e. The number of carbonyl (C=O) groups is 1. The van der Waals surface area contributed by atoms with E-state index in [0.717, 1.165) is 31.4 Å². The van der Waals surface area contributed by atoms with Gasteiger partial charge >= 0.3 is 6.03 Å². The monoisotopic (exact) mass is 392 g/mol. The van der Waals surface area contributed by atoms with Crippen LogP contribution >= 0.6 is 0 Å². The Kier molecular flexibility index (Phi) is 6.29. The first-order valence-electron chi connectivity index (χ1n) is 10.5. The number of pyridine rings is 1. The van der Waals surface area contributed by atoms with E-state index in [4.69, 9.17) is 4.74 Å². The molecule has 6 nitrogen and oxygen atoms in total. The Balaban J connectivity index is 1.20. The molecular formula is C23H28N4O2. The summed E-state index contributed by atoms with van der Waals surface area (Å²) in [4.78, 5) is 16.5. The Hall–Kier alpha value is -3.02. The Morgan fingerprint density at radius 3 is 2.86 bits per heavy atom. The molecular weight excluding hydrogens is 364 g/mol. The molecule has 0 unspecified atom stereocenters. The molecule has 1 aliphatic carbocycles. The highest BCUT2D eigenvalue weighted by Gasteiger charge is 2.18. The van der Waals surface area contributed by atoms with Crippen LogP contribution in [0.5, 0.6) is 5.88 Å². The van der Waals surface area contributed by atoms with Gasteiger partial charge in [0.05, 0.1) is 0 Å². The zero-order chi connectivity index (χ0) is 19.9. The number of fused-ring (bicyclic) bond motifs is 1. The van der Waals surface area contributed by atoms with Gasteiger partial charge in [-0.05, 0) is 55.7 Å². The van der Waals surface area contributed by atoms with Crippen LogP contribution in [0.3, 0.4) is 0 Å². The summed E-state index contributed by atoms with van der Waals surface area (Å²) in [7, 11) is 0. The average Bonchev–Trinajstić information content (AvgIpc) is 3.40. The number of carbonyl (C=O) groups excluding carboxylic acids is 1. The fourth-order valence-corrected chi connectivity index (χ4v) is 3.85. The summed E-state index contributed by atoms with van der Waals surface area (Å²) in [6.45, 7) is 1.90. The normalized spacial score (nSPS) is 14.2. The molecule has 4 rings (SSSR count). The van der Waals surface area contributed by atoms with Crippen LogP contribution in [0, 0.1) is 0 Å². The molecule has 1 saturated carbocycles. The molecule has 6 heteroatoms. The molecule has 2 N–H and O–H groups in total. The standard InChI is InChI=1S/C23H28N4O2/c28-23(25-14-6-15-27-16-12-18-7-1-4-11-21(18)27)26-17-19-8-5-13-24-22(19)29-20-9-2-3-10-20/h1,4-5,7-8,11-13,16,20H,2-3,6,9-10,14-15,17H2,(H2,25,26,28). The predicted octanol–water partition coefficient (Wildman–Crippen LogP) is 4.25. The SMILES string of the molecule is O=C(NCCCn1ccc2ccccc21)NCc1cccnc1OC1CCCC1. The van der Waals surface area contributed by atoms with Crippen molar-refractivity contribution in [3.05, 3.63) is 60.4 Å². The lowest BCUT2D eigenvalue weighted by Crippen LogP contribution is -2.36. The van der Waals surface area contributed by atoms with E-state index in [1.165, 1.54) is 23.7 Å². The smallest absolute Gasteiger partial charge is 0.315 e. The number of nitrogens with zero attached hydrogens (tertiary/aromatic N) is 2. The molecule has 1 fully saturated rings. The summed E-state index contributed by atoms with van der Waals surface area (Å²) in [5.74, 6) is 0.638. The second-order valence-electron chi connectivity index (χ2n) is 7.52. The third-order valence-electron chi connectivity index (χ3n) is 5.41. The molecule has 1 aliphatic rings. The molecule has 1 aromatic carbocycles. The molecule has 2 aromatic heterocycles. The number of hydrogen-bond donors (Lipinski definition) is 2. The van der Waals surface area contributed by atoms with E-state index in [1.807, 2.05) is 24.3 Å². The molecule has 152 valence electrons. The van der Waals surface area contributed by atoms with Crippen LogP contribution in [0.2, 0.25) is 0 Å². The van der Waals surface area contributed by atoms with Gasteiger partial charge in [-0.1, -0.05) is 24.3 Å². The minimum Gasteiger partial charge on any atom is -0.474 e. The van der Waals surface area contributed by atoms with E-state index < -0.39 is 0 Å². The minimum absolute atomic E-state index is 0.168. The fourth-order valence-electron chi connectivity index (χ4n) is 3.85. The highest BCUT2D eigenvalue weighted by Crippen LogP contribution is 2.24. The van der Waals surface area contributed by atoms with Gasteiger partial charge in [0.15, 0.2) is 0 Å². The number of hydrogen-bond acceptors (Lipinski definition) is 3. The van der Waals surface area contributed by atoms with Gasteiger partial charge in [0.1, 0.15) is 6.10 Å². The summed E-state index contributed by atoms with van der Waals surface area (Å²) in [5.41, 5.74) is 2.14. The Bertz CT molecular complexity index is 947. The quantitative estimate of drug-likeness (QED) is 0.563. The topological polar surface area (TPSA) is 68.2 Å². The zero-order valence-electron chi connectivity index (χ0n) is 16.6. The lowest BCUT2D eigenvalue weighted by atomic mass is 10.2. The van der Waals surface area contributed by atoms with Crippen molar-refractivity contribution in [3.63, 3.8) is 0 Å². The molecule has 29 heavy (non-hydrogen) atoms. The number of benzene rings is 1. The summed E-state index contributed by atoms with van der Waals surface area (Å²) in [6.07, 6.45) is 9.55. The fraction of sp³-hybridized carbons (Fsp3) is 0.391. The third kappa shape index (κ3) is 5.08. The molecule has 0 atom stereocenters. The first-order valence-corrected chi connectivity index (χ1v) is 10.5. The first-order chi connectivity index (χ1) is 14.3. The number of nitrogens with one attached hydrogen (secondary N) is 2. The van der Waals surface area contributed by atoms with Gasteiger partial charge in [0, 0.05) is 43.1 Å². The second kappa shape index (κ2) is 9.45. The molecule has 0 saturated heterocycles. The summed E-state index contributed by atoms with van der Waals surface area (Å²) in [6, 6.07) is 14.1. The maximum atomic E-state index is 12.2. The Labute approximate surface area is 171 Å². The molecule has 2 heterocycles. The lowest BCUT2D eigenvalue weighted by molar-refractivity contribution is 0.198. The van der Waals surface area contributed by atoms with Gasteiger partial charge in [0.2, 0.25) is 5.88 Å². The van der Waals surface area contributed by atoms with E-state index >= 15 is 0 Å². The minimum atomic E-state index is -0.168. The van der Waals surface area contributed by atoms with E-state index in [2.05, 4.69) is 44.6 Å². The van der Waals surface area contributed by atoms with Crippen LogP contribution in [-0.4, -0.2) is 28.2 Å². The van der Waals surface area contributed by atoms with Crippen LogP contribution < -0.4 is 15.4 Å². The molecule has 0 bridgehead atoms. The van der Waals surface area contributed by atoms with Gasteiger partial charge < -0.3 is 19.9 Å². The summed E-state index contributed by atoms with van der Waals surface area (Å²) >= 11 is 0. The van der Waals surface area contributed by atoms with Gasteiger partial charge in [-0.25, -0.2) is 9.78 Å². The maximum absolute atomic E-state index is 12.2. The molecule has 0 radical (unpaired) electrons. The zero-order valence-corrected chi connectivity index (χ0v) is 16.6. The summed E-state index contributed by atoms with van der Waals surface area (Å²) in [5, 5.41) is 7.08.